The summed E-state index contributed by atoms with van der Waals surface area (Å²) < 4.78 is 0. The van der Waals surface area contributed by atoms with E-state index in [2.05, 4.69) is 23.7 Å². The maximum Gasteiger partial charge on any atom is 0.103 e. The molecule has 1 heterocycles. The maximum absolute atomic E-state index is 5.99. The third-order valence-corrected chi connectivity index (χ3v) is 5.54. The van der Waals surface area contributed by atoms with Gasteiger partial charge in [-0.15, -0.1) is 0 Å². The summed E-state index contributed by atoms with van der Waals surface area (Å²) in [5, 5.41) is 0. The molecule has 1 rings (SSSR count). The number of hydrogen-bond acceptors (Lipinski definition) is 3. The second-order valence-electron chi connectivity index (χ2n) is 7.99. The predicted molar refractivity (Wildman–Crippen MR) is 112 cm³/mol. The first kappa shape index (κ1) is 22.6. The van der Waals surface area contributed by atoms with Crippen molar-refractivity contribution in [2.24, 2.45) is 10.7 Å². The van der Waals surface area contributed by atoms with Gasteiger partial charge in [0.1, 0.15) is 6.17 Å². The van der Waals surface area contributed by atoms with Crippen LogP contribution in [0.5, 0.6) is 0 Å². The fourth-order valence-electron chi connectivity index (χ4n) is 3.85. The van der Waals surface area contributed by atoms with Gasteiger partial charge in [0.25, 0.3) is 0 Å². The molecule has 0 aromatic heterocycles. The van der Waals surface area contributed by atoms with E-state index in [1.165, 1.54) is 103 Å². The highest BCUT2D eigenvalue weighted by Crippen LogP contribution is 2.17. The average molecular weight is 352 g/mol. The number of aliphatic imine (C=N–C) groups is 1. The molecule has 0 amide bonds. The van der Waals surface area contributed by atoms with Gasteiger partial charge in [-0.05, 0) is 19.8 Å². The highest BCUT2D eigenvalue weighted by atomic mass is 15.3. The third kappa shape index (κ3) is 11.8. The molecule has 1 aliphatic rings. The average Bonchev–Trinajstić information content (AvgIpc) is 3.07. The van der Waals surface area contributed by atoms with Crippen molar-refractivity contribution in [1.82, 2.24) is 4.90 Å². The van der Waals surface area contributed by atoms with Crippen molar-refractivity contribution >= 4 is 6.21 Å². The Morgan fingerprint density at radius 2 is 1.28 bits per heavy atom. The van der Waals surface area contributed by atoms with E-state index in [1.54, 1.807) is 0 Å². The van der Waals surface area contributed by atoms with Crippen LogP contribution in [-0.4, -0.2) is 30.0 Å². The summed E-state index contributed by atoms with van der Waals surface area (Å²) in [7, 11) is 0. The first-order valence-corrected chi connectivity index (χ1v) is 11.3. The van der Waals surface area contributed by atoms with Crippen molar-refractivity contribution < 1.29 is 0 Å². The Morgan fingerprint density at radius 1 is 0.840 bits per heavy atom. The highest BCUT2D eigenvalue weighted by molar-refractivity contribution is 5.62. The standard InChI is InChI=1S/C22H45N3/c1-3-4-5-6-7-8-9-10-11-12-13-14-15-16-17-18-22-24-19-20-25(22)21(2)23/h19,21-22H,3-18,20,23H2,1-2H3. The molecule has 3 nitrogen and oxygen atoms in total. The van der Waals surface area contributed by atoms with Crippen molar-refractivity contribution in [3.05, 3.63) is 0 Å². The fraction of sp³-hybridized carbons (Fsp3) is 0.955. The second-order valence-corrected chi connectivity index (χ2v) is 7.99. The molecule has 2 atom stereocenters. The molecule has 0 bridgehead atoms. The topological polar surface area (TPSA) is 41.6 Å². The van der Waals surface area contributed by atoms with Gasteiger partial charge in [0.05, 0.1) is 6.17 Å². The van der Waals surface area contributed by atoms with E-state index in [0.29, 0.717) is 6.17 Å². The predicted octanol–water partition coefficient (Wildman–Crippen LogP) is 6.27. The van der Waals surface area contributed by atoms with Crippen molar-refractivity contribution in [2.45, 2.75) is 129 Å². The van der Waals surface area contributed by atoms with Crippen molar-refractivity contribution in [1.29, 1.82) is 0 Å². The zero-order valence-electron chi connectivity index (χ0n) is 17.2. The molecule has 2 N–H and O–H groups in total. The van der Waals surface area contributed by atoms with Crippen molar-refractivity contribution in [2.75, 3.05) is 6.54 Å². The number of rotatable bonds is 17. The van der Waals surface area contributed by atoms with E-state index < -0.39 is 0 Å². The summed E-state index contributed by atoms with van der Waals surface area (Å²) >= 11 is 0. The molecule has 0 aromatic carbocycles. The number of nitrogens with zero attached hydrogens (tertiary/aromatic N) is 2. The molecule has 3 heteroatoms. The Balaban J connectivity index is 1.77. The van der Waals surface area contributed by atoms with Crippen LogP contribution in [0.25, 0.3) is 0 Å². The van der Waals surface area contributed by atoms with Crippen molar-refractivity contribution in [3.8, 4) is 0 Å². The third-order valence-electron chi connectivity index (χ3n) is 5.54. The fourth-order valence-corrected chi connectivity index (χ4v) is 3.85. The van der Waals surface area contributed by atoms with Crippen LogP contribution in [-0.2, 0) is 0 Å². The Hall–Kier alpha value is -0.410. The van der Waals surface area contributed by atoms with Gasteiger partial charge < -0.3 is 5.73 Å². The van der Waals surface area contributed by atoms with Gasteiger partial charge in [-0.3, -0.25) is 9.89 Å². The lowest BCUT2D eigenvalue weighted by atomic mass is 10.0. The van der Waals surface area contributed by atoms with Gasteiger partial charge in [0.15, 0.2) is 0 Å². The highest BCUT2D eigenvalue weighted by Gasteiger charge is 2.22. The van der Waals surface area contributed by atoms with E-state index >= 15 is 0 Å². The Bertz CT molecular complexity index is 314. The quantitative estimate of drug-likeness (QED) is 0.314. The Kier molecular flexibility index (Phi) is 14.3. The summed E-state index contributed by atoms with van der Waals surface area (Å²) in [6.45, 7) is 5.29. The number of hydrogen-bond donors (Lipinski definition) is 1. The van der Waals surface area contributed by atoms with Gasteiger partial charge in [0, 0.05) is 12.8 Å². The van der Waals surface area contributed by atoms with Gasteiger partial charge in [-0.1, -0.05) is 96.8 Å². The zero-order chi connectivity index (χ0) is 18.2. The summed E-state index contributed by atoms with van der Waals surface area (Å²) in [6, 6.07) is 0. The minimum atomic E-state index is 0.129. The SMILES string of the molecule is CCCCCCCCCCCCCCCCCC1N=CCN1C(C)N. The molecule has 148 valence electrons. The summed E-state index contributed by atoms with van der Waals surface area (Å²) in [4.78, 5) is 6.86. The lowest BCUT2D eigenvalue weighted by molar-refractivity contribution is 0.182. The second kappa shape index (κ2) is 15.8. The van der Waals surface area contributed by atoms with Crippen LogP contribution >= 0.6 is 0 Å². The molecule has 0 saturated carbocycles. The molecule has 0 aromatic rings. The summed E-state index contributed by atoms with van der Waals surface area (Å²) in [5.41, 5.74) is 5.99. The van der Waals surface area contributed by atoms with Crippen LogP contribution < -0.4 is 5.73 Å². The Morgan fingerprint density at radius 3 is 1.72 bits per heavy atom. The van der Waals surface area contributed by atoms with E-state index in [1.807, 2.05) is 6.21 Å². The van der Waals surface area contributed by atoms with Gasteiger partial charge >= 0.3 is 0 Å². The summed E-state index contributed by atoms with van der Waals surface area (Å²) in [6.07, 6.45) is 25.0. The van der Waals surface area contributed by atoms with E-state index in [9.17, 15) is 0 Å². The lowest BCUT2D eigenvalue weighted by Gasteiger charge is -2.26. The lowest BCUT2D eigenvalue weighted by Crippen LogP contribution is -2.43. The molecule has 2 unspecified atom stereocenters. The summed E-state index contributed by atoms with van der Waals surface area (Å²) in [5.74, 6) is 0. The number of unbranched alkanes of at least 4 members (excludes halogenated alkanes) is 14. The van der Waals surface area contributed by atoms with Gasteiger partial charge in [-0.25, -0.2) is 0 Å². The van der Waals surface area contributed by atoms with Crippen LogP contribution in [0.3, 0.4) is 0 Å². The van der Waals surface area contributed by atoms with Crippen LogP contribution in [0.1, 0.15) is 117 Å². The van der Waals surface area contributed by atoms with Crippen LogP contribution in [0.15, 0.2) is 4.99 Å². The zero-order valence-corrected chi connectivity index (χ0v) is 17.2. The van der Waals surface area contributed by atoms with Crippen LogP contribution in [0.2, 0.25) is 0 Å². The smallest absolute Gasteiger partial charge is 0.103 e. The Labute approximate surface area is 157 Å². The molecule has 0 radical (unpaired) electrons. The van der Waals surface area contributed by atoms with E-state index in [4.69, 9.17) is 5.73 Å². The van der Waals surface area contributed by atoms with Gasteiger partial charge in [0.2, 0.25) is 0 Å². The molecule has 0 fully saturated rings. The normalized spacial score (nSPS) is 18.9. The van der Waals surface area contributed by atoms with Crippen LogP contribution in [0.4, 0.5) is 0 Å². The molecule has 0 aliphatic carbocycles. The minimum absolute atomic E-state index is 0.129. The number of nitrogens with two attached hydrogens (primary N) is 1. The van der Waals surface area contributed by atoms with E-state index in [-0.39, 0.29) is 6.17 Å². The van der Waals surface area contributed by atoms with Gasteiger partial charge in [-0.2, -0.15) is 0 Å². The van der Waals surface area contributed by atoms with Crippen molar-refractivity contribution in [3.63, 3.8) is 0 Å². The van der Waals surface area contributed by atoms with Crippen LogP contribution in [0, 0.1) is 0 Å². The van der Waals surface area contributed by atoms with E-state index in [0.717, 1.165) is 6.54 Å². The first-order valence-electron chi connectivity index (χ1n) is 11.3. The minimum Gasteiger partial charge on any atom is -0.316 e. The molecule has 0 saturated heterocycles. The molecule has 1 aliphatic heterocycles. The monoisotopic (exact) mass is 351 g/mol. The molecule has 0 spiro atoms. The molecule has 25 heavy (non-hydrogen) atoms. The largest absolute Gasteiger partial charge is 0.316 e. The molecular weight excluding hydrogens is 306 g/mol. The first-order chi connectivity index (χ1) is 12.3. The molecular formula is C22H45N3. The maximum atomic E-state index is 5.99.